The molecule has 1 aromatic carbocycles. The van der Waals surface area contributed by atoms with Gasteiger partial charge in [-0.2, -0.15) is 0 Å². The van der Waals surface area contributed by atoms with Crippen LogP contribution in [0.15, 0.2) is 18.2 Å². The van der Waals surface area contributed by atoms with Crippen LogP contribution in [0.2, 0.25) is 0 Å². The van der Waals surface area contributed by atoms with Gasteiger partial charge in [0.05, 0.1) is 7.11 Å². The third-order valence-corrected chi connectivity index (χ3v) is 6.03. The highest BCUT2D eigenvalue weighted by Gasteiger charge is 2.44. The minimum atomic E-state index is 0.257. The molecule has 1 fully saturated rings. The van der Waals surface area contributed by atoms with Crippen molar-refractivity contribution in [2.24, 2.45) is 17.8 Å². The number of carbonyl (C=O) groups excluding carboxylic acids is 1. The molecule has 0 aromatic heterocycles. The number of rotatable bonds is 4. The van der Waals surface area contributed by atoms with Crippen molar-refractivity contribution in [3.63, 3.8) is 0 Å². The van der Waals surface area contributed by atoms with Crippen LogP contribution in [0.25, 0.3) is 0 Å². The largest absolute Gasteiger partial charge is 0.497 e. The Bertz CT molecular complexity index is 549. The van der Waals surface area contributed by atoms with E-state index in [1.165, 1.54) is 36.8 Å². The standard InChI is InChI=1S/C20H28O2/c1-4-5-6-16-13(2)20(21)12-19-17-10-8-15(22-3)11-14(17)7-9-18(16)19/h8,10-11,13,16,18-19H,4-7,9,12H2,1-3H3. The average Bonchev–Trinajstić information content (AvgIpc) is 2.54. The molecule has 0 spiro atoms. The van der Waals surface area contributed by atoms with Gasteiger partial charge in [0, 0.05) is 12.3 Å². The van der Waals surface area contributed by atoms with Crippen LogP contribution in [0.3, 0.4) is 0 Å². The number of ketones is 1. The van der Waals surface area contributed by atoms with Gasteiger partial charge in [-0.25, -0.2) is 0 Å². The van der Waals surface area contributed by atoms with E-state index in [9.17, 15) is 4.79 Å². The molecule has 22 heavy (non-hydrogen) atoms. The number of hydrogen-bond donors (Lipinski definition) is 0. The van der Waals surface area contributed by atoms with Crippen molar-refractivity contribution in [2.75, 3.05) is 7.11 Å². The molecule has 2 aliphatic carbocycles. The summed E-state index contributed by atoms with van der Waals surface area (Å²) in [6.07, 6.45) is 6.81. The first-order valence-electron chi connectivity index (χ1n) is 8.85. The summed E-state index contributed by atoms with van der Waals surface area (Å²) in [7, 11) is 1.72. The summed E-state index contributed by atoms with van der Waals surface area (Å²) in [5, 5.41) is 0. The zero-order chi connectivity index (χ0) is 15.7. The second-order valence-corrected chi connectivity index (χ2v) is 7.14. The zero-order valence-corrected chi connectivity index (χ0v) is 14.1. The van der Waals surface area contributed by atoms with Crippen LogP contribution in [0.5, 0.6) is 5.75 Å². The van der Waals surface area contributed by atoms with Crippen LogP contribution in [0, 0.1) is 17.8 Å². The van der Waals surface area contributed by atoms with E-state index in [0.29, 0.717) is 23.5 Å². The van der Waals surface area contributed by atoms with Gasteiger partial charge in [0.25, 0.3) is 0 Å². The highest BCUT2D eigenvalue weighted by Crippen LogP contribution is 2.50. The lowest BCUT2D eigenvalue weighted by Gasteiger charge is -2.45. The van der Waals surface area contributed by atoms with E-state index in [2.05, 4.69) is 32.0 Å². The molecule has 0 N–H and O–H groups in total. The van der Waals surface area contributed by atoms with E-state index in [1.54, 1.807) is 7.11 Å². The lowest BCUT2D eigenvalue weighted by Crippen LogP contribution is -2.40. The minimum Gasteiger partial charge on any atom is -0.497 e. The second-order valence-electron chi connectivity index (χ2n) is 7.14. The van der Waals surface area contributed by atoms with E-state index in [4.69, 9.17) is 4.74 Å². The van der Waals surface area contributed by atoms with Gasteiger partial charge in [-0.15, -0.1) is 0 Å². The fourth-order valence-electron chi connectivity index (χ4n) is 4.73. The summed E-state index contributed by atoms with van der Waals surface area (Å²) < 4.78 is 5.36. The molecule has 2 aliphatic rings. The van der Waals surface area contributed by atoms with Gasteiger partial charge in [-0.3, -0.25) is 4.79 Å². The Labute approximate surface area is 134 Å². The van der Waals surface area contributed by atoms with Crippen LogP contribution in [0.1, 0.15) is 63.0 Å². The van der Waals surface area contributed by atoms with Crippen molar-refractivity contribution >= 4 is 5.78 Å². The average molecular weight is 300 g/mol. The maximum absolute atomic E-state index is 12.5. The number of fused-ring (bicyclic) bond motifs is 3. The highest BCUT2D eigenvalue weighted by molar-refractivity contribution is 5.83. The molecule has 2 heteroatoms. The van der Waals surface area contributed by atoms with Crippen molar-refractivity contribution in [3.8, 4) is 5.75 Å². The Balaban J connectivity index is 1.90. The van der Waals surface area contributed by atoms with E-state index in [1.807, 2.05) is 0 Å². The highest BCUT2D eigenvalue weighted by atomic mass is 16.5. The fourth-order valence-corrected chi connectivity index (χ4v) is 4.73. The molecule has 1 aromatic rings. The fraction of sp³-hybridized carbons (Fsp3) is 0.650. The van der Waals surface area contributed by atoms with Crippen molar-refractivity contribution < 1.29 is 9.53 Å². The molecule has 3 rings (SSSR count). The summed E-state index contributed by atoms with van der Waals surface area (Å²) >= 11 is 0. The van der Waals surface area contributed by atoms with Gasteiger partial charge in [-0.1, -0.05) is 32.8 Å². The van der Waals surface area contributed by atoms with Gasteiger partial charge < -0.3 is 4.74 Å². The van der Waals surface area contributed by atoms with Crippen LogP contribution in [-0.2, 0) is 11.2 Å². The SMILES string of the molecule is CCCCC1C(C)C(=O)CC2c3ccc(OC)cc3CCC21. The normalized spacial score (nSPS) is 30.6. The predicted molar refractivity (Wildman–Crippen MR) is 89.3 cm³/mol. The molecule has 0 radical (unpaired) electrons. The number of aryl methyl sites for hydroxylation is 1. The number of carbonyl (C=O) groups is 1. The van der Waals surface area contributed by atoms with Crippen molar-refractivity contribution in [3.05, 3.63) is 29.3 Å². The van der Waals surface area contributed by atoms with Gasteiger partial charge >= 0.3 is 0 Å². The van der Waals surface area contributed by atoms with Crippen molar-refractivity contribution in [1.29, 1.82) is 0 Å². The lowest BCUT2D eigenvalue weighted by molar-refractivity contribution is -0.129. The quantitative estimate of drug-likeness (QED) is 0.801. The summed E-state index contributed by atoms with van der Waals surface area (Å²) in [6, 6.07) is 6.45. The van der Waals surface area contributed by atoms with E-state index in [-0.39, 0.29) is 5.92 Å². The third-order valence-electron chi connectivity index (χ3n) is 6.03. The predicted octanol–water partition coefficient (Wildman–Crippen LogP) is 4.76. The van der Waals surface area contributed by atoms with E-state index < -0.39 is 0 Å². The summed E-state index contributed by atoms with van der Waals surface area (Å²) in [6.45, 7) is 4.41. The third kappa shape index (κ3) is 2.68. The Kier molecular flexibility index (Phi) is 4.56. The van der Waals surface area contributed by atoms with Crippen LogP contribution < -0.4 is 4.74 Å². The monoisotopic (exact) mass is 300 g/mol. The Morgan fingerprint density at radius 2 is 2.14 bits per heavy atom. The molecule has 1 saturated carbocycles. The number of Topliss-reactive ketones (excluding diaryl/α,β-unsaturated/α-hetero) is 1. The van der Waals surface area contributed by atoms with Gasteiger partial charge in [-0.05, 0) is 60.3 Å². The molecule has 4 atom stereocenters. The molecule has 0 heterocycles. The number of methoxy groups -OCH3 is 1. The smallest absolute Gasteiger partial charge is 0.136 e. The topological polar surface area (TPSA) is 26.3 Å². The van der Waals surface area contributed by atoms with E-state index in [0.717, 1.165) is 18.6 Å². The zero-order valence-electron chi connectivity index (χ0n) is 14.1. The molecule has 4 unspecified atom stereocenters. The van der Waals surface area contributed by atoms with Crippen LogP contribution in [-0.4, -0.2) is 12.9 Å². The van der Waals surface area contributed by atoms with Crippen molar-refractivity contribution in [2.45, 2.75) is 58.3 Å². The molecular formula is C20H28O2. The lowest BCUT2D eigenvalue weighted by atomic mass is 9.59. The Morgan fingerprint density at radius 1 is 1.32 bits per heavy atom. The Morgan fingerprint density at radius 3 is 2.86 bits per heavy atom. The van der Waals surface area contributed by atoms with Gasteiger partial charge in [0.1, 0.15) is 11.5 Å². The molecule has 0 saturated heterocycles. The molecule has 0 amide bonds. The molecular weight excluding hydrogens is 272 g/mol. The summed E-state index contributed by atoms with van der Waals surface area (Å²) in [5.74, 6) is 3.40. The summed E-state index contributed by atoms with van der Waals surface area (Å²) in [5.41, 5.74) is 2.82. The molecule has 2 nitrogen and oxygen atoms in total. The summed E-state index contributed by atoms with van der Waals surface area (Å²) in [4.78, 5) is 12.5. The van der Waals surface area contributed by atoms with E-state index >= 15 is 0 Å². The molecule has 0 aliphatic heterocycles. The first-order valence-corrected chi connectivity index (χ1v) is 8.85. The van der Waals surface area contributed by atoms with Crippen molar-refractivity contribution in [1.82, 2.24) is 0 Å². The van der Waals surface area contributed by atoms with Gasteiger partial charge in [0.2, 0.25) is 0 Å². The molecule has 0 bridgehead atoms. The number of ether oxygens (including phenoxy) is 1. The minimum absolute atomic E-state index is 0.257. The van der Waals surface area contributed by atoms with Gasteiger partial charge in [0.15, 0.2) is 0 Å². The first-order chi connectivity index (χ1) is 10.7. The first kappa shape index (κ1) is 15.6. The van der Waals surface area contributed by atoms with Crippen LogP contribution in [0.4, 0.5) is 0 Å². The maximum atomic E-state index is 12.5. The number of hydrogen-bond acceptors (Lipinski definition) is 2. The number of benzene rings is 1. The maximum Gasteiger partial charge on any atom is 0.136 e. The second kappa shape index (κ2) is 6.44. The Hall–Kier alpha value is -1.31. The number of unbranched alkanes of at least 4 members (excludes halogenated alkanes) is 1. The molecule has 120 valence electrons. The van der Waals surface area contributed by atoms with Crippen LogP contribution >= 0.6 is 0 Å².